The van der Waals surface area contributed by atoms with Crippen LogP contribution in [-0.2, 0) is 0 Å². The van der Waals surface area contributed by atoms with E-state index in [2.05, 4.69) is 0 Å². The Labute approximate surface area is 307 Å². The first kappa shape index (κ1) is 15.5. The Morgan fingerprint density at radius 3 is 2.06 bits per heavy atom. The Morgan fingerprint density at radius 2 is 1.22 bits per heavy atom. The lowest BCUT2D eigenvalue weighted by atomic mass is 10.0. The van der Waals surface area contributed by atoms with Gasteiger partial charge in [-0.25, -0.2) is 0 Å². The zero-order chi connectivity index (χ0) is 47.1. The Morgan fingerprint density at radius 1 is 0.531 bits per heavy atom. The maximum absolute atomic E-state index is 10.2. The molecule has 0 spiro atoms. The average molecular weight is 644 g/mol. The third kappa shape index (κ3) is 4.29. The van der Waals surface area contributed by atoms with E-state index in [4.69, 9.17) is 15.4 Å². The SMILES string of the molecule is [2H]c1c([2H])c([2H])c(N(c2c([2H])c([2H])c([2H])c(-n3c4ccccc4c4ccccc43)c2[2H])c2c([2H])c([2H])c([2H])c3oc4c5c([2H])c([2H])c([2H])c([2H])c5c([2H])c([2H])c4c23)c(-c2ccccc2)c1[2H]. The van der Waals surface area contributed by atoms with Gasteiger partial charge in [-0.05, 0) is 65.4 Å². The second-order valence-electron chi connectivity index (χ2n) is 11.2. The number of furan rings is 1. The van der Waals surface area contributed by atoms with Crippen molar-refractivity contribution in [2.75, 3.05) is 4.90 Å². The zero-order valence-corrected chi connectivity index (χ0v) is 25.3. The van der Waals surface area contributed by atoms with E-state index in [1.807, 2.05) is 24.3 Å². The lowest BCUT2D eigenvalue weighted by Crippen LogP contribution is -2.12. The van der Waals surface area contributed by atoms with Crippen molar-refractivity contribution in [3.05, 3.63) is 182 Å². The number of para-hydroxylation sites is 3. The van der Waals surface area contributed by atoms with Crippen LogP contribution in [0.4, 0.5) is 17.1 Å². The van der Waals surface area contributed by atoms with Gasteiger partial charge in [0.1, 0.15) is 11.2 Å². The van der Waals surface area contributed by atoms with E-state index >= 15 is 0 Å². The summed E-state index contributed by atoms with van der Waals surface area (Å²) < 4.78 is 164. The molecular weight excluding hydrogens is 597 g/mol. The normalized spacial score (nSPS) is 16.5. The van der Waals surface area contributed by atoms with Crippen molar-refractivity contribution in [1.82, 2.24) is 4.57 Å². The molecule has 0 amide bonds. The summed E-state index contributed by atoms with van der Waals surface area (Å²) >= 11 is 0. The van der Waals surface area contributed by atoms with Gasteiger partial charge in [0.2, 0.25) is 0 Å². The van der Waals surface area contributed by atoms with E-state index in [-0.39, 0.29) is 33.0 Å². The van der Waals surface area contributed by atoms with E-state index in [1.165, 1.54) is 0 Å². The quantitative estimate of drug-likeness (QED) is 0.186. The van der Waals surface area contributed by atoms with Crippen LogP contribution >= 0.6 is 0 Å². The largest absolute Gasteiger partial charge is 0.455 e. The van der Waals surface area contributed by atoms with Gasteiger partial charge in [-0.3, -0.25) is 0 Å². The van der Waals surface area contributed by atoms with Gasteiger partial charge in [-0.15, -0.1) is 0 Å². The summed E-state index contributed by atoms with van der Waals surface area (Å²) in [4.78, 5) is 0.949. The van der Waals surface area contributed by atoms with E-state index in [1.54, 1.807) is 59.2 Å². The lowest BCUT2D eigenvalue weighted by Gasteiger charge is -2.29. The van der Waals surface area contributed by atoms with Crippen molar-refractivity contribution in [3.8, 4) is 16.8 Å². The summed E-state index contributed by atoms with van der Waals surface area (Å²) in [5, 5.41) is -0.0581. The number of nitrogens with zero attached hydrogens (tertiary/aromatic N) is 2. The fourth-order valence-corrected chi connectivity index (χ4v) is 6.45. The molecule has 0 bridgehead atoms. The van der Waals surface area contributed by atoms with Gasteiger partial charge < -0.3 is 13.9 Å². The fourth-order valence-electron chi connectivity index (χ4n) is 6.45. The maximum Gasteiger partial charge on any atom is 0.143 e. The number of fused-ring (bicyclic) bond motifs is 8. The molecule has 230 valence electrons. The van der Waals surface area contributed by atoms with E-state index < -0.39 is 136 Å². The second kappa shape index (κ2) is 11.0. The Hall–Kier alpha value is -6.58. The number of aromatic nitrogens is 1. The second-order valence-corrected chi connectivity index (χ2v) is 11.2. The first-order chi connectivity index (χ1) is 31.4. The van der Waals surface area contributed by atoms with Crippen LogP contribution in [0.15, 0.2) is 186 Å². The van der Waals surface area contributed by atoms with Gasteiger partial charge in [0.25, 0.3) is 0 Å². The molecule has 0 N–H and O–H groups in total. The summed E-state index contributed by atoms with van der Waals surface area (Å²) in [5.41, 5.74) is -1.82. The Balaban J connectivity index is 1.49. The van der Waals surface area contributed by atoms with Gasteiger partial charge in [0.05, 0.1) is 51.1 Å². The van der Waals surface area contributed by atoms with Crippen molar-refractivity contribution in [2.45, 2.75) is 0 Å². The number of benzene rings is 8. The van der Waals surface area contributed by atoms with Crippen molar-refractivity contribution in [1.29, 1.82) is 0 Å². The Kier molecular flexibility index (Phi) is 3.49. The minimum absolute atomic E-state index is 0.202. The van der Waals surface area contributed by atoms with E-state index in [9.17, 15) is 12.3 Å². The van der Waals surface area contributed by atoms with Crippen LogP contribution in [0.2, 0.25) is 0 Å². The van der Waals surface area contributed by atoms with Crippen molar-refractivity contribution < 1.29 is 27.7 Å². The molecule has 0 aliphatic rings. The lowest BCUT2D eigenvalue weighted by molar-refractivity contribution is 0.672. The van der Waals surface area contributed by atoms with Crippen molar-refractivity contribution in [2.24, 2.45) is 0 Å². The standard InChI is InChI=1S/C46H30N2O/c1-2-14-31(15-3-1)35-19-6-9-23-40(35)48(43-26-13-27-44-45(43)39-29-28-32-16-4-5-20-36(32)46(39)49-44)34-18-12-17-33(30-34)47-41-24-10-7-21-37(41)38-22-8-11-25-42(38)47/h1-30H/i4D,5D,6D,9D,12D,13D,16D,17D,18D,19D,20D,23D,26D,27D,28D,29D,30D. The molecule has 0 saturated carbocycles. The summed E-state index contributed by atoms with van der Waals surface area (Å²) in [6.45, 7) is 0. The fraction of sp³-hybridized carbons (Fsp3) is 0. The van der Waals surface area contributed by atoms with Gasteiger partial charge in [-0.2, -0.15) is 0 Å². The molecular formula is C46H30N2O. The molecule has 0 aliphatic carbocycles. The predicted octanol–water partition coefficient (Wildman–Crippen LogP) is 13.0. The van der Waals surface area contributed by atoms with Crippen LogP contribution in [0.1, 0.15) is 23.3 Å². The van der Waals surface area contributed by atoms with Crippen LogP contribution < -0.4 is 4.90 Å². The minimum Gasteiger partial charge on any atom is -0.455 e. The van der Waals surface area contributed by atoms with Gasteiger partial charge in [0, 0.05) is 38.5 Å². The monoisotopic (exact) mass is 643 g/mol. The predicted molar refractivity (Wildman–Crippen MR) is 206 cm³/mol. The number of hydrogen-bond donors (Lipinski definition) is 0. The third-order valence-corrected chi connectivity index (χ3v) is 8.53. The molecule has 2 heterocycles. The van der Waals surface area contributed by atoms with Crippen LogP contribution in [0.25, 0.3) is 71.3 Å². The molecule has 0 unspecified atom stereocenters. The van der Waals surface area contributed by atoms with Crippen LogP contribution in [0.3, 0.4) is 0 Å². The highest BCUT2D eigenvalue weighted by Crippen LogP contribution is 2.47. The smallest absolute Gasteiger partial charge is 0.143 e. The van der Waals surface area contributed by atoms with Gasteiger partial charge in [0.15, 0.2) is 0 Å². The molecule has 0 atom stereocenters. The average Bonchev–Trinajstić information content (AvgIpc) is 3.87. The first-order valence-electron chi connectivity index (χ1n) is 23.8. The maximum atomic E-state index is 10.2. The summed E-state index contributed by atoms with van der Waals surface area (Å²) in [7, 11) is 0. The number of hydrogen-bond acceptors (Lipinski definition) is 2. The molecule has 10 aromatic rings. The van der Waals surface area contributed by atoms with Crippen LogP contribution in [0, 0.1) is 0 Å². The van der Waals surface area contributed by atoms with E-state index in [0.29, 0.717) is 11.0 Å². The molecule has 0 saturated heterocycles. The molecule has 0 fully saturated rings. The molecule has 3 nitrogen and oxygen atoms in total. The number of rotatable bonds is 5. The highest BCUT2D eigenvalue weighted by Gasteiger charge is 2.23. The van der Waals surface area contributed by atoms with Crippen LogP contribution in [0.5, 0.6) is 0 Å². The summed E-state index contributed by atoms with van der Waals surface area (Å²) in [5.74, 6) is 0. The minimum atomic E-state index is -0.832. The molecule has 49 heavy (non-hydrogen) atoms. The van der Waals surface area contributed by atoms with Gasteiger partial charge in [-0.1, -0.05) is 127 Å². The van der Waals surface area contributed by atoms with Gasteiger partial charge >= 0.3 is 0 Å². The van der Waals surface area contributed by atoms with Crippen molar-refractivity contribution >= 4 is 71.6 Å². The molecule has 3 heteroatoms. The summed E-state index contributed by atoms with van der Waals surface area (Å²) in [6, 6.07) is 10.3. The molecule has 10 rings (SSSR count). The Bertz CT molecular complexity index is 3760. The first-order valence-corrected chi connectivity index (χ1v) is 15.3. The zero-order valence-electron chi connectivity index (χ0n) is 42.3. The van der Waals surface area contributed by atoms with Crippen molar-refractivity contribution in [3.63, 3.8) is 0 Å². The van der Waals surface area contributed by atoms with E-state index in [0.717, 1.165) is 15.7 Å². The summed E-state index contributed by atoms with van der Waals surface area (Å²) in [6.07, 6.45) is 0. The topological polar surface area (TPSA) is 21.3 Å². The number of anilines is 3. The molecule has 8 aromatic carbocycles. The molecule has 0 aliphatic heterocycles. The highest BCUT2D eigenvalue weighted by molar-refractivity contribution is 6.20. The van der Waals surface area contributed by atoms with Crippen LogP contribution in [-0.4, -0.2) is 4.57 Å². The third-order valence-electron chi connectivity index (χ3n) is 8.53. The molecule has 2 aromatic heterocycles. The highest BCUT2D eigenvalue weighted by atomic mass is 16.3. The molecule has 0 radical (unpaired) electrons.